The first kappa shape index (κ1) is 20.9. The maximum absolute atomic E-state index is 12.3. The molecule has 0 atom stereocenters. The number of hydrogen-bond donors (Lipinski definition) is 4. The first-order chi connectivity index (χ1) is 14.4. The van der Waals surface area contributed by atoms with Gasteiger partial charge in [-0.05, 0) is 43.4 Å². The summed E-state index contributed by atoms with van der Waals surface area (Å²) in [6.45, 7) is 1.61. The van der Waals surface area contributed by atoms with E-state index in [-0.39, 0.29) is 17.5 Å². The van der Waals surface area contributed by atoms with Gasteiger partial charge in [-0.3, -0.25) is 15.6 Å². The quantitative estimate of drug-likeness (QED) is 0.267. The Morgan fingerprint density at radius 1 is 1.13 bits per heavy atom. The molecule has 1 heterocycles. The fraction of sp³-hybridized carbons (Fsp3) is 0.158. The maximum Gasteiger partial charge on any atom is 0.365 e. The van der Waals surface area contributed by atoms with Crippen LogP contribution in [0.5, 0.6) is 5.75 Å². The van der Waals surface area contributed by atoms with E-state index in [1.54, 1.807) is 43.5 Å². The molecule has 0 aliphatic rings. The predicted molar refractivity (Wildman–Crippen MR) is 117 cm³/mol. The molecule has 1 aromatic heterocycles. The lowest BCUT2D eigenvalue weighted by atomic mass is 10.1. The van der Waals surface area contributed by atoms with Crippen molar-refractivity contribution in [2.75, 3.05) is 18.3 Å². The van der Waals surface area contributed by atoms with Crippen LogP contribution in [-0.2, 0) is 11.3 Å². The summed E-state index contributed by atoms with van der Waals surface area (Å²) in [6, 6.07) is 14.4. The van der Waals surface area contributed by atoms with Crippen LogP contribution in [0.15, 0.2) is 53.3 Å². The number of ether oxygens (including phenoxy) is 1. The molecule has 156 valence electrons. The molecule has 10 nitrogen and oxygen atoms in total. The number of carbonyl (C=O) groups is 1. The lowest BCUT2D eigenvalue weighted by Gasteiger charge is -2.11. The third-order valence-electron chi connectivity index (χ3n) is 4.14. The highest BCUT2D eigenvalue weighted by atomic mass is 32.1. The summed E-state index contributed by atoms with van der Waals surface area (Å²) in [6.07, 6.45) is 0. The van der Waals surface area contributed by atoms with Crippen LogP contribution in [0.4, 0.5) is 5.69 Å². The van der Waals surface area contributed by atoms with Crippen LogP contribution in [0, 0.1) is 6.92 Å². The van der Waals surface area contributed by atoms with Crippen LogP contribution >= 0.6 is 12.2 Å². The van der Waals surface area contributed by atoms with Gasteiger partial charge in [-0.15, -0.1) is 5.10 Å². The highest BCUT2D eigenvalue weighted by Gasteiger charge is 2.15. The van der Waals surface area contributed by atoms with Crippen molar-refractivity contribution < 1.29 is 9.53 Å². The second-order valence-corrected chi connectivity index (χ2v) is 6.76. The average Bonchev–Trinajstić information content (AvgIpc) is 3.02. The number of nitrogens with zero attached hydrogens (tertiary/aromatic N) is 3. The van der Waals surface area contributed by atoms with Gasteiger partial charge in [0.25, 0.3) is 5.91 Å². The molecule has 5 N–H and O–H groups in total. The van der Waals surface area contributed by atoms with Crippen molar-refractivity contribution in [1.29, 1.82) is 0 Å². The van der Waals surface area contributed by atoms with Gasteiger partial charge in [-0.1, -0.05) is 29.8 Å². The maximum atomic E-state index is 12.3. The van der Waals surface area contributed by atoms with E-state index >= 15 is 0 Å². The van der Waals surface area contributed by atoms with Crippen LogP contribution in [-0.4, -0.2) is 32.6 Å². The lowest BCUT2D eigenvalue weighted by molar-refractivity contribution is -0.122. The number of anilines is 1. The van der Waals surface area contributed by atoms with Crippen LogP contribution in [0.25, 0.3) is 11.4 Å². The van der Waals surface area contributed by atoms with Crippen molar-refractivity contribution in [2.45, 2.75) is 13.5 Å². The van der Waals surface area contributed by atoms with Gasteiger partial charge in [0, 0.05) is 11.3 Å². The number of hydrogen-bond acceptors (Lipinski definition) is 6. The molecule has 1 amide bonds. The largest absolute Gasteiger partial charge is 0.497 e. The molecule has 3 rings (SSSR count). The summed E-state index contributed by atoms with van der Waals surface area (Å²) >= 11 is 5.13. The molecule has 3 aromatic rings. The third-order valence-corrected chi connectivity index (χ3v) is 4.34. The van der Waals surface area contributed by atoms with E-state index in [0.29, 0.717) is 17.0 Å². The number of nitrogens with two attached hydrogens (primary N) is 1. The van der Waals surface area contributed by atoms with Gasteiger partial charge in [0.1, 0.15) is 12.3 Å². The summed E-state index contributed by atoms with van der Waals surface area (Å²) < 4.78 is 6.97. The number of hydrazine groups is 1. The molecule has 0 bridgehead atoms. The predicted octanol–water partition coefficient (Wildman–Crippen LogP) is 0.760. The zero-order valence-electron chi connectivity index (χ0n) is 16.4. The Morgan fingerprint density at radius 3 is 2.43 bits per heavy atom. The number of aryl methyl sites for hydroxylation is 1. The van der Waals surface area contributed by atoms with E-state index in [1.165, 1.54) is 0 Å². The van der Waals surface area contributed by atoms with Crippen molar-refractivity contribution in [2.24, 2.45) is 0 Å². The topological polar surface area (TPSA) is 128 Å². The smallest absolute Gasteiger partial charge is 0.365 e. The van der Waals surface area contributed by atoms with Gasteiger partial charge in [0.2, 0.25) is 0 Å². The van der Waals surface area contributed by atoms with Gasteiger partial charge in [-0.25, -0.2) is 9.48 Å². The number of benzene rings is 2. The van der Waals surface area contributed by atoms with E-state index in [1.807, 2.05) is 19.1 Å². The summed E-state index contributed by atoms with van der Waals surface area (Å²) in [4.78, 5) is 24.5. The second-order valence-electron chi connectivity index (χ2n) is 6.36. The number of nitrogens with one attached hydrogen (secondary N) is 3. The standard InChI is InChI=1S/C19H21N7O3S/c1-12-3-5-13(6-4-12)17-24-25(19(28)26(17)20)11-16(27)22-23-18(30)21-14-7-9-15(29-2)10-8-14/h3-10H,11,20H2,1-2H3,(H,22,27)(H2,21,23,30). The highest BCUT2D eigenvalue weighted by Crippen LogP contribution is 2.15. The molecule has 0 saturated heterocycles. The SMILES string of the molecule is COc1ccc(NC(=S)NNC(=O)Cn2nc(-c3ccc(C)cc3)n(N)c2=O)cc1. The Labute approximate surface area is 177 Å². The molecule has 0 aliphatic heterocycles. The Bertz CT molecular complexity index is 1100. The van der Waals surface area contributed by atoms with E-state index in [9.17, 15) is 9.59 Å². The second kappa shape index (κ2) is 9.09. The molecule has 0 aliphatic carbocycles. The molecule has 30 heavy (non-hydrogen) atoms. The van der Waals surface area contributed by atoms with Crippen molar-refractivity contribution in [1.82, 2.24) is 25.3 Å². The first-order valence-electron chi connectivity index (χ1n) is 8.89. The summed E-state index contributed by atoms with van der Waals surface area (Å²) in [5.41, 5.74) is 6.81. The zero-order chi connectivity index (χ0) is 21.7. The van der Waals surface area contributed by atoms with Crippen molar-refractivity contribution in [3.8, 4) is 17.1 Å². The fourth-order valence-electron chi connectivity index (χ4n) is 2.56. The van der Waals surface area contributed by atoms with Gasteiger partial charge in [0.15, 0.2) is 10.9 Å². The minimum absolute atomic E-state index is 0.172. The van der Waals surface area contributed by atoms with Crippen molar-refractivity contribution in [3.05, 3.63) is 64.6 Å². The Morgan fingerprint density at radius 2 is 1.80 bits per heavy atom. The summed E-state index contributed by atoms with van der Waals surface area (Å²) in [5.74, 6) is 6.26. The van der Waals surface area contributed by atoms with Crippen LogP contribution in [0.1, 0.15) is 5.56 Å². The van der Waals surface area contributed by atoms with Crippen LogP contribution < -0.4 is 32.4 Å². The molecule has 0 unspecified atom stereocenters. The Kier molecular flexibility index (Phi) is 6.32. The van der Waals surface area contributed by atoms with Crippen LogP contribution in [0.2, 0.25) is 0 Å². The number of aromatic nitrogens is 3. The highest BCUT2D eigenvalue weighted by molar-refractivity contribution is 7.80. The van der Waals surface area contributed by atoms with Crippen LogP contribution in [0.3, 0.4) is 0 Å². The molecular formula is C19H21N7O3S. The molecule has 0 saturated carbocycles. The van der Waals surface area contributed by atoms with Crippen molar-refractivity contribution >= 4 is 28.9 Å². The van der Waals surface area contributed by atoms with E-state index < -0.39 is 11.6 Å². The van der Waals surface area contributed by atoms with E-state index in [2.05, 4.69) is 21.3 Å². The Hall–Kier alpha value is -3.86. The molecule has 11 heteroatoms. The molecule has 0 radical (unpaired) electrons. The van der Waals surface area contributed by atoms with Crippen molar-refractivity contribution in [3.63, 3.8) is 0 Å². The number of nitrogen functional groups attached to an aromatic ring is 1. The Balaban J connectivity index is 1.58. The van der Waals surface area contributed by atoms with E-state index in [4.69, 9.17) is 22.8 Å². The number of carbonyl (C=O) groups excluding carboxylic acids is 1. The summed E-state index contributed by atoms with van der Waals surface area (Å²) in [5, 5.41) is 7.23. The summed E-state index contributed by atoms with van der Waals surface area (Å²) in [7, 11) is 1.58. The number of amides is 1. The zero-order valence-corrected chi connectivity index (χ0v) is 17.2. The average molecular weight is 427 g/mol. The molecular weight excluding hydrogens is 406 g/mol. The molecule has 0 fully saturated rings. The monoisotopic (exact) mass is 427 g/mol. The number of thiocarbonyl (C=S) groups is 1. The fourth-order valence-corrected chi connectivity index (χ4v) is 2.73. The van der Waals surface area contributed by atoms with E-state index in [0.717, 1.165) is 14.9 Å². The first-order valence-corrected chi connectivity index (χ1v) is 9.30. The molecule has 2 aromatic carbocycles. The van der Waals surface area contributed by atoms with Gasteiger partial charge in [0.05, 0.1) is 7.11 Å². The minimum atomic E-state index is -0.611. The minimum Gasteiger partial charge on any atom is -0.497 e. The van der Waals surface area contributed by atoms with Gasteiger partial charge in [-0.2, -0.15) is 4.68 Å². The normalized spacial score (nSPS) is 10.3. The lowest BCUT2D eigenvalue weighted by Crippen LogP contribution is -2.46. The third kappa shape index (κ3) is 4.94. The number of rotatable bonds is 5. The van der Waals surface area contributed by atoms with Gasteiger partial charge < -0.3 is 15.9 Å². The van der Waals surface area contributed by atoms with Gasteiger partial charge >= 0.3 is 5.69 Å². The number of methoxy groups -OCH3 is 1. The molecule has 0 spiro atoms.